The van der Waals surface area contributed by atoms with Crippen LogP contribution in [0.15, 0.2) is 15.1 Å². The average molecular weight is 333 g/mol. The van der Waals surface area contributed by atoms with Crippen molar-refractivity contribution in [2.24, 2.45) is 0 Å². The van der Waals surface area contributed by atoms with Crippen molar-refractivity contribution in [1.82, 2.24) is 24.9 Å². The molecular weight excluding hydrogens is 306 g/mol. The highest BCUT2D eigenvalue weighted by Crippen LogP contribution is 2.21. The fourth-order valence-electron chi connectivity index (χ4n) is 2.90. The summed E-state index contributed by atoms with van der Waals surface area (Å²) in [6.45, 7) is 13.1. The fourth-order valence-corrected chi connectivity index (χ4v) is 2.90. The Kier molecular flexibility index (Phi) is 5.30. The summed E-state index contributed by atoms with van der Waals surface area (Å²) in [4.78, 5) is 13.6. The summed E-state index contributed by atoms with van der Waals surface area (Å²) < 4.78 is 11.2. The number of piperazine rings is 1. The first kappa shape index (κ1) is 17.1. The van der Waals surface area contributed by atoms with E-state index < -0.39 is 0 Å². The van der Waals surface area contributed by atoms with E-state index in [1.165, 1.54) is 0 Å². The summed E-state index contributed by atoms with van der Waals surface area (Å²) in [5.41, 5.74) is 0. The van der Waals surface area contributed by atoms with Gasteiger partial charge in [-0.2, -0.15) is 4.98 Å². The first-order chi connectivity index (χ1) is 11.6. The van der Waals surface area contributed by atoms with E-state index in [1.54, 1.807) is 0 Å². The van der Waals surface area contributed by atoms with Crippen molar-refractivity contribution in [2.45, 2.75) is 52.6 Å². The van der Waals surface area contributed by atoms with Crippen molar-refractivity contribution >= 4 is 0 Å². The van der Waals surface area contributed by atoms with Crippen LogP contribution in [0.5, 0.6) is 0 Å². The van der Waals surface area contributed by atoms with E-state index in [2.05, 4.69) is 45.7 Å². The van der Waals surface area contributed by atoms with E-state index in [0.717, 1.165) is 62.5 Å². The van der Waals surface area contributed by atoms with Crippen molar-refractivity contribution in [2.75, 3.05) is 26.2 Å². The lowest BCUT2D eigenvalue weighted by Crippen LogP contribution is -2.46. The maximum Gasteiger partial charge on any atom is 0.243 e. The minimum Gasteiger partial charge on any atom is -0.444 e. The van der Waals surface area contributed by atoms with Crippen LogP contribution in [0.4, 0.5) is 0 Å². The van der Waals surface area contributed by atoms with Gasteiger partial charge < -0.3 is 8.94 Å². The summed E-state index contributed by atoms with van der Waals surface area (Å²) >= 11 is 0. The minimum absolute atomic E-state index is 0.161. The molecule has 0 amide bonds. The van der Waals surface area contributed by atoms with E-state index in [9.17, 15) is 0 Å². The number of oxazole rings is 1. The number of hydrogen-bond acceptors (Lipinski definition) is 7. The predicted octanol–water partition coefficient (Wildman–Crippen LogP) is 2.62. The fraction of sp³-hybridized carbons (Fsp3) is 0.706. The van der Waals surface area contributed by atoms with Gasteiger partial charge in [-0.25, -0.2) is 4.98 Å². The van der Waals surface area contributed by atoms with Crippen molar-refractivity contribution in [3.63, 3.8) is 0 Å². The minimum atomic E-state index is 0.161. The highest BCUT2D eigenvalue weighted by atomic mass is 16.5. The van der Waals surface area contributed by atoms with E-state index in [-0.39, 0.29) is 6.04 Å². The SMILES string of the molecule is CCc1noc(C(C)N2CCN(Cc3ncc(C(C)C)o3)CC2)n1. The number of aryl methyl sites for hydroxylation is 1. The maximum atomic E-state index is 5.81. The van der Waals surface area contributed by atoms with Gasteiger partial charge in [0.05, 0.1) is 18.8 Å². The Morgan fingerprint density at radius 1 is 1.17 bits per heavy atom. The molecule has 1 aliphatic rings. The zero-order chi connectivity index (χ0) is 17.1. The molecule has 1 saturated heterocycles. The largest absolute Gasteiger partial charge is 0.444 e. The Morgan fingerprint density at radius 3 is 2.50 bits per heavy atom. The predicted molar refractivity (Wildman–Crippen MR) is 89.5 cm³/mol. The van der Waals surface area contributed by atoms with Gasteiger partial charge in [-0.3, -0.25) is 9.80 Å². The molecule has 1 fully saturated rings. The van der Waals surface area contributed by atoms with Crippen LogP contribution in [0.25, 0.3) is 0 Å². The lowest BCUT2D eigenvalue weighted by molar-refractivity contribution is 0.0795. The summed E-state index contributed by atoms with van der Waals surface area (Å²) in [6, 6.07) is 0.161. The third-order valence-corrected chi connectivity index (χ3v) is 4.61. The monoisotopic (exact) mass is 333 g/mol. The molecule has 1 unspecified atom stereocenters. The van der Waals surface area contributed by atoms with Crippen LogP contribution < -0.4 is 0 Å². The van der Waals surface area contributed by atoms with Crippen LogP contribution in [-0.2, 0) is 13.0 Å². The molecule has 132 valence electrons. The van der Waals surface area contributed by atoms with Gasteiger partial charge in [0.2, 0.25) is 11.8 Å². The first-order valence-electron chi connectivity index (χ1n) is 8.80. The van der Waals surface area contributed by atoms with Crippen molar-refractivity contribution in [3.05, 3.63) is 29.6 Å². The Bertz CT molecular complexity index is 643. The van der Waals surface area contributed by atoms with Crippen LogP contribution in [0.3, 0.4) is 0 Å². The molecule has 3 rings (SSSR count). The molecule has 1 aliphatic heterocycles. The topological polar surface area (TPSA) is 71.4 Å². The van der Waals surface area contributed by atoms with Crippen molar-refractivity contribution in [3.8, 4) is 0 Å². The highest BCUT2D eigenvalue weighted by Gasteiger charge is 2.26. The molecule has 0 spiro atoms. The Balaban J connectivity index is 1.51. The molecular formula is C17H27N5O2. The summed E-state index contributed by atoms with van der Waals surface area (Å²) in [5.74, 6) is 3.64. The van der Waals surface area contributed by atoms with Gasteiger partial charge in [-0.15, -0.1) is 0 Å². The van der Waals surface area contributed by atoms with E-state index in [1.807, 2.05) is 13.1 Å². The molecule has 0 bridgehead atoms. The van der Waals surface area contributed by atoms with Gasteiger partial charge in [0.15, 0.2) is 5.82 Å². The second kappa shape index (κ2) is 7.44. The van der Waals surface area contributed by atoms with Gasteiger partial charge in [0.1, 0.15) is 5.76 Å². The van der Waals surface area contributed by atoms with Gasteiger partial charge in [-0.1, -0.05) is 25.9 Å². The standard InChI is InChI=1S/C17H27N5O2/c1-5-15-19-17(24-20-15)13(4)22-8-6-21(7-9-22)11-16-18-10-14(23-16)12(2)3/h10,12-13H,5-9,11H2,1-4H3. The van der Waals surface area contributed by atoms with Crippen LogP contribution in [-0.4, -0.2) is 51.1 Å². The molecule has 0 aliphatic carbocycles. The van der Waals surface area contributed by atoms with Gasteiger partial charge in [-0.05, 0) is 6.92 Å². The molecule has 2 aromatic heterocycles. The Hall–Kier alpha value is -1.73. The summed E-state index contributed by atoms with van der Waals surface area (Å²) in [5, 5.41) is 3.99. The molecule has 0 aromatic carbocycles. The maximum absolute atomic E-state index is 5.81. The Labute approximate surface area is 143 Å². The third kappa shape index (κ3) is 3.84. The molecule has 24 heavy (non-hydrogen) atoms. The lowest BCUT2D eigenvalue weighted by Gasteiger charge is -2.36. The molecule has 2 aromatic rings. The smallest absolute Gasteiger partial charge is 0.243 e. The molecule has 0 N–H and O–H groups in total. The molecule has 1 atom stereocenters. The molecule has 0 saturated carbocycles. The molecule has 0 radical (unpaired) electrons. The summed E-state index contributed by atoms with van der Waals surface area (Å²) in [6.07, 6.45) is 2.65. The number of nitrogens with zero attached hydrogens (tertiary/aromatic N) is 5. The molecule has 7 nitrogen and oxygen atoms in total. The van der Waals surface area contributed by atoms with Crippen molar-refractivity contribution < 1.29 is 8.94 Å². The van der Waals surface area contributed by atoms with Crippen LogP contribution in [0.1, 0.15) is 63.0 Å². The normalized spacial score (nSPS) is 18.4. The highest BCUT2D eigenvalue weighted by molar-refractivity contribution is 4.99. The number of rotatable bonds is 6. The third-order valence-electron chi connectivity index (χ3n) is 4.61. The van der Waals surface area contributed by atoms with E-state index in [4.69, 9.17) is 8.94 Å². The number of aromatic nitrogens is 3. The second-order valence-corrected chi connectivity index (χ2v) is 6.70. The second-order valence-electron chi connectivity index (χ2n) is 6.70. The first-order valence-corrected chi connectivity index (χ1v) is 8.80. The van der Waals surface area contributed by atoms with Crippen LogP contribution >= 0.6 is 0 Å². The zero-order valence-electron chi connectivity index (χ0n) is 15.0. The molecule has 3 heterocycles. The quantitative estimate of drug-likeness (QED) is 0.804. The number of hydrogen-bond donors (Lipinski definition) is 0. The van der Waals surface area contributed by atoms with Crippen LogP contribution in [0.2, 0.25) is 0 Å². The Morgan fingerprint density at radius 2 is 1.92 bits per heavy atom. The zero-order valence-corrected chi connectivity index (χ0v) is 15.0. The summed E-state index contributed by atoms with van der Waals surface area (Å²) in [7, 11) is 0. The van der Waals surface area contributed by atoms with E-state index >= 15 is 0 Å². The van der Waals surface area contributed by atoms with Gasteiger partial charge in [0, 0.05) is 38.5 Å². The van der Waals surface area contributed by atoms with Gasteiger partial charge in [0.25, 0.3) is 0 Å². The molecule has 7 heteroatoms. The lowest BCUT2D eigenvalue weighted by atomic mass is 10.2. The average Bonchev–Trinajstić information content (AvgIpc) is 3.24. The van der Waals surface area contributed by atoms with E-state index in [0.29, 0.717) is 5.92 Å². The van der Waals surface area contributed by atoms with Crippen LogP contribution in [0, 0.1) is 0 Å². The van der Waals surface area contributed by atoms with Crippen molar-refractivity contribution in [1.29, 1.82) is 0 Å². The van der Waals surface area contributed by atoms with Gasteiger partial charge >= 0.3 is 0 Å².